The monoisotopic (exact) mass is 279 g/mol. The molecule has 0 aliphatic heterocycles. The predicted octanol–water partition coefficient (Wildman–Crippen LogP) is 1.24. The Kier molecular flexibility index (Phi) is 8.64. The maximum Gasteiger partial charge on any atom is 0.533 e. The van der Waals surface area contributed by atoms with Crippen molar-refractivity contribution in [1.29, 1.82) is 0 Å². The number of hydroxylamine groups is 1. The third-order valence-corrected chi connectivity index (χ3v) is 1.50. The number of carbonyl (C=O) groups excluding carboxylic acids is 2. The fraction of sp³-hybridized carbons (Fsp3) is 0.818. The minimum Gasteiger partial charge on any atom is -0.442 e. The Labute approximate surface area is 112 Å². The van der Waals surface area contributed by atoms with E-state index >= 15 is 0 Å². The van der Waals surface area contributed by atoms with Crippen molar-refractivity contribution in [1.82, 2.24) is 5.48 Å². The lowest BCUT2D eigenvalue weighted by Crippen LogP contribution is -2.34. The molecule has 0 saturated heterocycles. The van der Waals surface area contributed by atoms with Gasteiger partial charge in [0.1, 0.15) is 12.2 Å². The Morgan fingerprint density at radius 2 is 1.68 bits per heavy atom. The van der Waals surface area contributed by atoms with Crippen LogP contribution >= 0.6 is 0 Å². The van der Waals surface area contributed by atoms with E-state index in [9.17, 15) is 9.59 Å². The van der Waals surface area contributed by atoms with Crippen molar-refractivity contribution in [2.45, 2.75) is 26.4 Å². The predicted molar refractivity (Wildman–Crippen MR) is 64.5 cm³/mol. The Bertz CT molecular complexity index is 275. The molecular formula is C11H21NO7. The molecule has 0 aliphatic rings. The number of hydrogen-bond acceptors (Lipinski definition) is 7. The fourth-order valence-electron chi connectivity index (χ4n) is 0.840. The second-order valence-electron chi connectivity index (χ2n) is 4.41. The highest BCUT2D eigenvalue weighted by molar-refractivity contribution is 5.69. The van der Waals surface area contributed by atoms with E-state index in [4.69, 9.17) is 14.2 Å². The van der Waals surface area contributed by atoms with E-state index in [0.29, 0.717) is 13.2 Å². The number of hydrogen-bond donors (Lipinski definition) is 1. The van der Waals surface area contributed by atoms with E-state index in [2.05, 4.69) is 9.57 Å². The fourth-order valence-corrected chi connectivity index (χ4v) is 0.840. The molecule has 112 valence electrons. The molecule has 0 heterocycles. The maximum atomic E-state index is 11.1. The summed E-state index contributed by atoms with van der Waals surface area (Å²) in [6.07, 6.45) is -1.91. The topological polar surface area (TPSA) is 92.3 Å². The zero-order valence-electron chi connectivity index (χ0n) is 11.7. The van der Waals surface area contributed by atoms with Crippen LogP contribution in [0.4, 0.5) is 9.59 Å². The van der Waals surface area contributed by atoms with Crippen LogP contribution in [0.2, 0.25) is 0 Å². The number of amides is 1. The van der Waals surface area contributed by atoms with Crippen LogP contribution in [0.25, 0.3) is 0 Å². The summed E-state index contributed by atoms with van der Waals surface area (Å²) in [7, 11) is 1.56. The number of ether oxygens (including phenoxy) is 4. The summed E-state index contributed by atoms with van der Waals surface area (Å²) >= 11 is 0. The Morgan fingerprint density at radius 1 is 1.05 bits per heavy atom. The van der Waals surface area contributed by atoms with Crippen LogP contribution in [0, 0.1) is 0 Å². The molecule has 19 heavy (non-hydrogen) atoms. The minimum atomic E-state index is -1.04. The second-order valence-corrected chi connectivity index (χ2v) is 4.41. The largest absolute Gasteiger partial charge is 0.533 e. The lowest BCUT2D eigenvalue weighted by atomic mass is 10.2. The van der Waals surface area contributed by atoms with Gasteiger partial charge in [0.05, 0.1) is 19.8 Å². The molecule has 0 unspecified atom stereocenters. The average molecular weight is 279 g/mol. The molecule has 0 aromatic rings. The van der Waals surface area contributed by atoms with Crippen molar-refractivity contribution in [3.63, 3.8) is 0 Å². The molecule has 0 saturated carbocycles. The lowest BCUT2D eigenvalue weighted by molar-refractivity contribution is -0.0200. The van der Waals surface area contributed by atoms with Gasteiger partial charge < -0.3 is 23.8 Å². The Morgan fingerprint density at radius 3 is 2.26 bits per heavy atom. The molecule has 1 amide bonds. The molecule has 0 spiro atoms. The normalized spacial score (nSPS) is 10.7. The summed E-state index contributed by atoms with van der Waals surface area (Å²) in [5.41, 5.74) is 1.13. The van der Waals surface area contributed by atoms with Crippen LogP contribution in [0.15, 0.2) is 0 Å². The second kappa shape index (κ2) is 9.40. The van der Waals surface area contributed by atoms with E-state index in [1.54, 1.807) is 33.4 Å². The summed E-state index contributed by atoms with van der Waals surface area (Å²) in [5.74, 6) is 0. The van der Waals surface area contributed by atoms with Gasteiger partial charge in [-0.3, -0.25) is 0 Å². The molecule has 8 heteroatoms. The van der Waals surface area contributed by atoms with Gasteiger partial charge in [0.2, 0.25) is 0 Å². The highest BCUT2D eigenvalue weighted by Crippen LogP contribution is 2.06. The third-order valence-electron chi connectivity index (χ3n) is 1.50. The molecule has 0 aromatic heterocycles. The molecule has 0 fully saturated rings. The van der Waals surface area contributed by atoms with Gasteiger partial charge in [-0.25, -0.2) is 9.59 Å². The van der Waals surface area contributed by atoms with Crippen molar-refractivity contribution < 1.29 is 33.4 Å². The van der Waals surface area contributed by atoms with Crippen molar-refractivity contribution in [3.05, 3.63) is 0 Å². The first-order chi connectivity index (χ1) is 8.85. The molecular weight excluding hydrogens is 258 g/mol. The summed E-state index contributed by atoms with van der Waals surface area (Å²) in [6.45, 7) is 6.14. The summed E-state index contributed by atoms with van der Waals surface area (Å²) in [4.78, 5) is 26.4. The van der Waals surface area contributed by atoms with E-state index in [-0.39, 0.29) is 13.2 Å². The van der Waals surface area contributed by atoms with Crippen molar-refractivity contribution in [2.24, 2.45) is 0 Å². The number of rotatable bonds is 6. The molecule has 0 rings (SSSR count). The van der Waals surface area contributed by atoms with Gasteiger partial charge in [-0.05, 0) is 20.8 Å². The zero-order valence-corrected chi connectivity index (χ0v) is 11.7. The molecule has 0 aromatic carbocycles. The first kappa shape index (κ1) is 17.5. The summed E-state index contributed by atoms with van der Waals surface area (Å²) < 4.78 is 19.2. The van der Waals surface area contributed by atoms with Crippen LogP contribution in [-0.2, 0) is 23.8 Å². The molecule has 0 radical (unpaired) electrons. The van der Waals surface area contributed by atoms with Gasteiger partial charge >= 0.3 is 12.2 Å². The Hall–Kier alpha value is -1.54. The zero-order chi connectivity index (χ0) is 14.7. The van der Waals surface area contributed by atoms with Crippen molar-refractivity contribution in [2.75, 3.05) is 33.5 Å². The van der Waals surface area contributed by atoms with Crippen LogP contribution in [-0.4, -0.2) is 51.4 Å². The molecule has 8 nitrogen and oxygen atoms in total. The highest BCUT2D eigenvalue weighted by atomic mass is 16.8. The number of carbonyl (C=O) groups is 2. The van der Waals surface area contributed by atoms with Gasteiger partial charge in [0.15, 0.2) is 0 Å². The first-order valence-corrected chi connectivity index (χ1v) is 5.74. The SMILES string of the molecule is COCCOCCOC(=O)ONC(=O)OC(C)(C)C. The van der Waals surface area contributed by atoms with Gasteiger partial charge in [-0.2, -0.15) is 0 Å². The number of methoxy groups -OCH3 is 1. The van der Waals surface area contributed by atoms with Crippen LogP contribution in [0.1, 0.15) is 20.8 Å². The van der Waals surface area contributed by atoms with Crippen molar-refractivity contribution >= 4 is 12.2 Å². The van der Waals surface area contributed by atoms with Crippen molar-refractivity contribution in [3.8, 4) is 0 Å². The smallest absolute Gasteiger partial charge is 0.442 e. The summed E-state index contributed by atoms with van der Waals surface area (Å²) in [5, 5.41) is 0. The molecule has 1 N–H and O–H groups in total. The van der Waals surface area contributed by atoms with Crippen LogP contribution in [0.5, 0.6) is 0 Å². The van der Waals surface area contributed by atoms with E-state index in [1.807, 2.05) is 0 Å². The van der Waals surface area contributed by atoms with E-state index in [1.165, 1.54) is 0 Å². The molecule has 0 aliphatic carbocycles. The summed E-state index contributed by atoms with van der Waals surface area (Å²) in [6, 6.07) is 0. The first-order valence-electron chi connectivity index (χ1n) is 5.74. The van der Waals surface area contributed by atoms with Gasteiger partial charge in [-0.15, -0.1) is 5.48 Å². The van der Waals surface area contributed by atoms with E-state index in [0.717, 1.165) is 0 Å². The van der Waals surface area contributed by atoms with Crippen LogP contribution in [0.3, 0.4) is 0 Å². The average Bonchev–Trinajstić information content (AvgIpc) is 2.29. The standard InChI is InChI=1S/C11H21NO7/c1-11(2,3)18-9(13)12-19-10(14)17-8-7-16-6-5-15-4/h5-8H2,1-4H3,(H,12,13). The highest BCUT2D eigenvalue weighted by Gasteiger charge is 2.17. The van der Waals surface area contributed by atoms with Crippen LogP contribution < -0.4 is 5.48 Å². The van der Waals surface area contributed by atoms with Gasteiger partial charge in [0.25, 0.3) is 0 Å². The quantitative estimate of drug-likeness (QED) is 0.444. The van der Waals surface area contributed by atoms with Gasteiger partial charge in [-0.1, -0.05) is 0 Å². The minimum absolute atomic E-state index is 0.0124. The third kappa shape index (κ3) is 12.7. The van der Waals surface area contributed by atoms with E-state index < -0.39 is 17.8 Å². The maximum absolute atomic E-state index is 11.1. The van der Waals surface area contributed by atoms with Gasteiger partial charge in [0, 0.05) is 7.11 Å². The Balaban J connectivity index is 3.52. The molecule has 0 atom stereocenters. The number of nitrogens with one attached hydrogen (secondary N) is 1. The lowest BCUT2D eigenvalue weighted by Gasteiger charge is -2.18. The molecule has 0 bridgehead atoms.